The number of fused-ring (bicyclic) bond motifs is 1. The maximum Gasteiger partial charge on any atom is 0.191 e. The van der Waals surface area contributed by atoms with Gasteiger partial charge >= 0.3 is 0 Å². The zero-order valence-corrected chi connectivity index (χ0v) is 12.0. The van der Waals surface area contributed by atoms with Crippen LogP contribution in [0.25, 0.3) is 5.65 Å². The third kappa shape index (κ3) is 2.10. The monoisotopic (exact) mass is 285 g/mol. The quantitative estimate of drug-likeness (QED) is 0.692. The Balaban J connectivity index is 1.55. The average Bonchev–Trinajstić information content (AvgIpc) is 3.09. The summed E-state index contributed by atoms with van der Waals surface area (Å²) in [7, 11) is 0. The molecule has 0 N–H and O–H groups in total. The third-order valence-electron chi connectivity index (χ3n) is 3.51. The van der Waals surface area contributed by atoms with Crippen molar-refractivity contribution in [3.63, 3.8) is 0 Å². The van der Waals surface area contributed by atoms with Crippen LogP contribution in [0.3, 0.4) is 0 Å². The van der Waals surface area contributed by atoms with E-state index in [4.69, 9.17) is 0 Å². The second-order valence-electron chi connectivity index (χ2n) is 5.12. The Kier molecular flexibility index (Phi) is 2.77. The van der Waals surface area contributed by atoms with E-state index in [0.29, 0.717) is 6.04 Å². The first kappa shape index (κ1) is 12.0. The summed E-state index contributed by atoms with van der Waals surface area (Å²) in [6, 6.07) is 6.66. The normalized spacial score (nSPS) is 15.1. The van der Waals surface area contributed by atoms with Crippen molar-refractivity contribution in [1.29, 1.82) is 0 Å². The molecule has 0 bridgehead atoms. The molecule has 102 valence electrons. The molecular formula is C14H15N5S. The van der Waals surface area contributed by atoms with E-state index < -0.39 is 0 Å². The summed E-state index contributed by atoms with van der Waals surface area (Å²) in [6.45, 7) is 2.03. The van der Waals surface area contributed by atoms with Crippen molar-refractivity contribution in [1.82, 2.24) is 24.1 Å². The molecule has 3 aromatic heterocycles. The summed E-state index contributed by atoms with van der Waals surface area (Å²) in [4.78, 5) is 4.61. The third-order valence-corrected chi connectivity index (χ3v) is 4.49. The van der Waals surface area contributed by atoms with Crippen LogP contribution in [0, 0.1) is 6.92 Å². The molecular weight excluding hydrogens is 270 g/mol. The molecule has 1 saturated carbocycles. The van der Waals surface area contributed by atoms with Crippen LogP contribution in [0.4, 0.5) is 0 Å². The van der Waals surface area contributed by atoms with Crippen LogP contribution >= 0.6 is 11.8 Å². The van der Waals surface area contributed by atoms with Crippen molar-refractivity contribution < 1.29 is 0 Å². The lowest BCUT2D eigenvalue weighted by atomic mass is 10.5. The van der Waals surface area contributed by atoms with Gasteiger partial charge in [0.1, 0.15) is 11.5 Å². The summed E-state index contributed by atoms with van der Waals surface area (Å²) in [6.07, 6.45) is 6.60. The Morgan fingerprint density at radius 3 is 3.00 bits per heavy atom. The molecule has 5 nitrogen and oxygen atoms in total. The Labute approximate surface area is 121 Å². The summed E-state index contributed by atoms with van der Waals surface area (Å²) in [5.41, 5.74) is 2.06. The minimum absolute atomic E-state index is 0.619. The van der Waals surface area contributed by atoms with E-state index in [2.05, 4.69) is 25.9 Å². The van der Waals surface area contributed by atoms with E-state index in [1.807, 2.05) is 35.7 Å². The number of pyridine rings is 1. The summed E-state index contributed by atoms with van der Waals surface area (Å²) < 4.78 is 4.31. The number of thioether (sulfide) groups is 1. The number of nitrogens with zero attached hydrogens (tertiary/aromatic N) is 5. The molecule has 3 aromatic rings. The fourth-order valence-electron chi connectivity index (χ4n) is 2.40. The molecule has 1 aliphatic rings. The molecule has 1 aliphatic carbocycles. The molecule has 20 heavy (non-hydrogen) atoms. The van der Waals surface area contributed by atoms with Crippen LogP contribution in [0.5, 0.6) is 0 Å². The number of hydrogen-bond acceptors (Lipinski definition) is 4. The molecule has 1 fully saturated rings. The molecule has 0 amide bonds. The first-order valence-electron chi connectivity index (χ1n) is 6.78. The highest BCUT2D eigenvalue weighted by atomic mass is 32.2. The van der Waals surface area contributed by atoms with Crippen LogP contribution in [-0.4, -0.2) is 24.1 Å². The lowest BCUT2D eigenvalue weighted by Crippen LogP contribution is -1.99. The maximum absolute atomic E-state index is 4.61. The van der Waals surface area contributed by atoms with Gasteiger partial charge in [-0.05, 0) is 31.9 Å². The lowest BCUT2D eigenvalue weighted by Gasteiger charge is -2.04. The van der Waals surface area contributed by atoms with Crippen molar-refractivity contribution in [3.05, 3.63) is 42.1 Å². The highest BCUT2D eigenvalue weighted by Crippen LogP contribution is 2.38. The summed E-state index contributed by atoms with van der Waals surface area (Å²) >= 11 is 1.72. The van der Waals surface area contributed by atoms with Crippen molar-refractivity contribution in [3.8, 4) is 0 Å². The molecule has 6 heteroatoms. The Hall–Kier alpha value is -1.82. The Bertz CT molecular complexity index is 723. The highest BCUT2D eigenvalue weighted by molar-refractivity contribution is 7.98. The second-order valence-corrected chi connectivity index (χ2v) is 6.06. The van der Waals surface area contributed by atoms with Crippen LogP contribution in [0.2, 0.25) is 0 Å². The molecule has 0 unspecified atom stereocenters. The topological polar surface area (TPSA) is 48.0 Å². The van der Waals surface area contributed by atoms with Crippen LogP contribution < -0.4 is 0 Å². The Morgan fingerprint density at radius 2 is 2.20 bits per heavy atom. The van der Waals surface area contributed by atoms with E-state index in [9.17, 15) is 0 Å². The SMILES string of the molecule is Cc1nnc(SCc2cn3ccccc3n2)n1C1CC1. The standard InChI is InChI=1S/C14H15N5S/c1-10-16-17-14(19(10)12-5-6-12)20-9-11-8-18-7-3-2-4-13(18)15-11/h2-4,7-8,12H,5-6,9H2,1H3. The smallest absolute Gasteiger partial charge is 0.191 e. The van der Waals surface area contributed by atoms with Crippen LogP contribution in [0.15, 0.2) is 35.7 Å². The number of rotatable bonds is 4. The number of imidazole rings is 1. The molecule has 4 rings (SSSR count). The first-order chi connectivity index (χ1) is 9.81. The van der Waals surface area contributed by atoms with Gasteiger partial charge in [0.25, 0.3) is 0 Å². The number of aromatic nitrogens is 5. The average molecular weight is 285 g/mol. The van der Waals surface area contributed by atoms with Gasteiger partial charge in [0, 0.05) is 24.2 Å². The van der Waals surface area contributed by atoms with Gasteiger partial charge in [-0.25, -0.2) is 4.98 Å². The minimum Gasteiger partial charge on any atom is -0.307 e. The van der Waals surface area contributed by atoms with Crippen LogP contribution in [-0.2, 0) is 5.75 Å². The predicted octanol–water partition coefficient (Wildman–Crippen LogP) is 2.86. The second kappa shape index (κ2) is 4.63. The molecule has 0 aliphatic heterocycles. The molecule has 0 saturated heterocycles. The van der Waals surface area contributed by atoms with E-state index in [1.54, 1.807) is 11.8 Å². The van der Waals surface area contributed by atoms with Crippen LogP contribution in [0.1, 0.15) is 30.4 Å². The lowest BCUT2D eigenvalue weighted by molar-refractivity contribution is 0.644. The largest absolute Gasteiger partial charge is 0.307 e. The van der Waals surface area contributed by atoms with Gasteiger partial charge in [0.2, 0.25) is 0 Å². The van der Waals surface area contributed by atoms with E-state index in [-0.39, 0.29) is 0 Å². The number of hydrogen-bond donors (Lipinski definition) is 0. The van der Waals surface area contributed by atoms with Gasteiger partial charge in [-0.3, -0.25) is 0 Å². The summed E-state index contributed by atoms with van der Waals surface area (Å²) in [5, 5.41) is 9.50. The summed E-state index contributed by atoms with van der Waals surface area (Å²) in [5.74, 6) is 1.84. The fraction of sp³-hybridized carbons (Fsp3) is 0.357. The maximum atomic E-state index is 4.61. The zero-order valence-electron chi connectivity index (χ0n) is 11.2. The van der Waals surface area contributed by atoms with Crippen molar-refractivity contribution in [2.24, 2.45) is 0 Å². The molecule has 3 heterocycles. The van der Waals surface area contributed by atoms with Gasteiger partial charge in [0.05, 0.1) is 5.69 Å². The minimum atomic E-state index is 0.619. The van der Waals surface area contributed by atoms with E-state index in [0.717, 1.165) is 28.1 Å². The van der Waals surface area contributed by atoms with Crippen molar-refractivity contribution in [2.75, 3.05) is 0 Å². The highest BCUT2D eigenvalue weighted by Gasteiger charge is 2.28. The van der Waals surface area contributed by atoms with Gasteiger partial charge in [0.15, 0.2) is 5.16 Å². The van der Waals surface area contributed by atoms with Gasteiger partial charge in [-0.15, -0.1) is 10.2 Å². The Morgan fingerprint density at radius 1 is 1.30 bits per heavy atom. The zero-order chi connectivity index (χ0) is 13.5. The fourth-order valence-corrected chi connectivity index (χ4v) is 3.33. The van der Waals surface area contributed by atoms with E-state index >= 15 is 0 Å². The molecule has 0 spiro atoms. The first-order valence-corrected chi connectivity index (χ1v) is 7.77. The van der Waals surface area contributed by atoms with Gasteiger partial charge in [-0.1, -0.05) is 17.8 Å². The molecule has 0 atom stereocenters. The van der Waals surface area contributed by atoms with Gasteiger partial charge < -0.3 is 8.97 Å². The van der Waals surface area contributed by atoms with Crippen molar-refractivity contribution >= 4 is 17.4 Å². The molecule has 0 aromatic carbocycles. The number of aryl methyl sites for hydroxylation is 1. The van der Waals surface area contributed by atoms with E-state index in [1.165, 1.54) is 12.8 Å². The molecule has 0 radical (unpaired) electrons. The predicted molar refractivity (Wildman–Crippen MR) is 77.8 cm³/mol. The van der Waals surface area contributed by atoms with Gasteiger partial charge in [-0.2, -0.15) is 0 Å². The van der Waals surface area contributed by atoms with Crippen molar-refractivity contribution in [2.45, 2.75) is 36.7 Å².